The molecular formula is C71H134O17P2. The van der Waals surface area contributed by atoms with Gasteiger partial charge in [-0.2, -0.15) is 0 Å². The average Bonchev–Trinajstić information content (AvgIpc) is 3.34. The van der Waals surface area contributed by atoms with Crippen LogP contribution in [0.15, 0.2) is 24.3 Å². The Morgan fingerprint density at radius 1 is 0.311 bits per heavy atom. The third-order valence-electron chi connectivity index (χ3n) is 16.0. The summed E-state index contributed by atoms with van der Waals surface area (Å²) in [5, 5.41) is 10.6. The second-order valence-electron chi connectivity index (χ2n) is 24.9. The van der Waals surface area contributed by atoms with Crippen molar-refractivity contribution in [1.82, 2.24) is 0 Å². The van der Waals surface area contributed by atoms with E-state index in [0.29, 0.717) is 25.7 Å². The lowest BCUT2D eigenvalue weighted by Gasteiger charge is -2.21. The van der Waals surface area contributed by atoms with Gasteiger partial charge >= 0.3 is 39.5 Å². The number of aliphatic hydroxyl groups excluding tert-OH is 1. The number of esters is 4. The number of carbonyl (C=O) groups is 4. The van der Waals surface area contributed by atoms with E-state index in [0.717, 1.165) is 128 Å². The molecule has 0 aliphatic heterocycles. The fourth-order valence-corrected chi connectivity index (χ4v) is 11.9. The quantitative estimate of drug-likeness (QED) is 0.0169. The van der Waals surface area contributed by atoms with E-state index < -0.39 is 97.5 Å². The van der Waals surface area contributed by atoms with Crippen LogP contribution in [0.25, 0.3) is 0 Å². The number of allylic oxidation sites excluding steroid dienone is 4. The molecule has 2 unspecified atom stereocenters. The van der Waals surface area contributed by atoms with E-state index in [1.807, 2.05) is 0 Å². The molecule has 0 aromatic heterocycles. The highest BCUT2D eigenvalue weighted by atomic mass is 31.2. The van der Waals surface area contributed by atoms with Crippen LogP contribution >= 0.6 is 15.6 Å². The predicted molar refractivity (Wildman–Crippen MR) is 363 cm³/mol. The third kappa shape index (κ3) is 64.3. The number of unbranched alkanes of at least 4 members (excludes halogenated alkanes) is 41. The van der Waals surface area contributed by atoms with Crippen LogP contribution in [0.5, 0.6) is 0 Å². The van der Waals surface area contributed by atoms with E-state index in [4.69, 9.17) is 37.0 Å². The van der Waals surface area contributed by atoms with Gasteiger partial charge in [-0.25, -0.2) is 9.13 Å². The van der Waals surface area contributed by atoms with Crippen molar-refractivity contribution in [2.45, 2.75) is 367 Å². The van der Waals surface area contributed by atoms with Gasteiger partial charge in [0, 0.05) is 25.7 Å². The van der Waals surface area contributed by atoms with Crippen molar-refractivity contribution in [3.05, 3.63) is 24.3 Å². The molecular weight excluding hydrogens is 1190 g/mol. The van der Waals surface area contributed by atoms with Gasteiger partial charge in [-0.15, -0.1) is 0 Å². The van der Waals surface area contributed by atoms with Crippen LogP contribution in [0.3, 0.4) is 0 Å². The zero-order valence-electron chi connectivity index (χ0n) is 57.6. The summed E-state index contributed by atoms with van der Waals surface area (Å²) in [7, 11) is -9.90. The summed E-state index contributed by atoms with van der Waals surface area (Å²) in [5.41, 5.74) is 0. The minimum atomic E-state index is -4.96. The molecule has 0 heterocycles. The SMILES string of the molecule is CCCCCC/C=C\C=C/CCCCCCCC(=O)OC[C@H](COP(=O)(O)OC[C@@H](O)COP(=O)(O)OC[C@@H](COC(=O)CCCCCCCCC)OC(=O)CCCCCCCCCC)OC(=O)CCCCCCCCCCCCCCCCCCCCCC. The van der Waals surface area contributed by atoms with Crippen molar-refractivity contribution in [2.24, 2.45) is 0 Å². The standard InChI is InChI=1S/C71H134O17P2/c1-5-9-13-17-21-24-26-28-30-31-32-33-34-36-38-40-42-46-50-54-58-71(76)88-67(62-82-69(74)56-52-48-45-41-39-37-35-29-27-25-22-18-14-10-6-2)64-86-90(79,80)84-60-65(72)59-83-89(77,78)85-63-66(61-81-68(73)55-51-47-43-20-16-12-8-4)87-70(75)57-53-49-44-23-19-15-11-7-3/h25,27,29,35,65-67,72H,5-24,26,28,30-34,36-64H2,1-4H3,(H,77,78)(H,79,80)/b27-25-,35-29-/t65-,66+,67+/m0/s1. The largest absolute Gasteiger partial charge is 0.472 e. The van der Waals surface area contributed by atoms with E-state index in [1.165, 1.54) is 141 Å². The Hall–Kier alpha value is -2.46. The molecule has 0 saturated heterocycles. The summed E-state index contributed by atoms with van der Waals surface area (Å²) in [6.45, 7) is 4.81. The number of hydrogen-bond acceptors (Lipinski definition) is 15. The first-order valence-electron chi connectivity index (χ1n) is 36.6. The minimum Gasteiger partial charge on any atom is -0.462 e. The molecule has 17 nitrogen and oxygen atoms in total. The molecule has 0 fully saturated rings. The first kappa shape index (κ1) is 87.5. The molecule has 0 aliphatic carbocycles. The number of rotatable bonds is 70. The maximum Gasteiger partial charge on any atom is 0.472 e. The third-order valence-corrected chi connectivity index (χ3v) is 17.9. The lowest BCUT2D eigenvalue weighted by molar-refractivity contribution is -0.161. The van der Waals surface area contributed by atoms with Crippen LogP contribution in [0, 0.1) is 0 Å². The Kier molecular flexibility index (Phi) is 63.4. The van der Waals surface area contributed by atoms with Crippen LogP contribution in [0.1, 0.15) is 349 Å². The number of phosphoric ester groups is 2. The van der Waals surface area contributed by atoms with Gasteiger partial charge in [-0.05, 0) is 51.4 Å². The van der Waals surface area contributed by atoms with E-state index in [1.54, 1.807) is 0 Å². The number of carbonyl (C=O) groups excluding carboxylic acids is 4. The average molecular weight is 1320 g/mol. The Morgan fingerprint density at radius 2 is 0.533 bits per heavy atom. The van der Waals surface area contributed by atoms with Crippen molar-refractivity contribution in [2.75, 3.05) is 39.6 Å². The molecule has 0 spiro atoms. The van der Waals surface area contributed by atoms with Gasteiger partial charge in [0.15, 0.2) is 12.2 Å². The Labute approximate surface area is 548 Å². The second-order valence-corrected chi connectivity index (χ2v) is 27.8. The molecule has 0 aromatic rings. The lowest BCUT2D eigenvalue weighted by atomic mass is 10.0. The van der Waals surface area contributed by atoms with Crippen molar-refractivity contribution >= 4 is 39.5 Å². The summed E-state index contributed by atoms with van der Waals surface area (Å²) < 4.78 is 68.0. The van der Waals surface area contributed by atoms with Crippen molar-refractivity contribution in [1.29, 1.82) is 0 Å². The molecule has 0 bridgehead atoms. The van der Waals surface area contributed by atoms with Gasteiger partial charge in [-0.1, -0.05) is 296 Å². The lowest BCUT2D eigenvalue weighted by Crippen LogP contribution is -2.30. The van der Waals surface area contributed by atoms with Gasteiger partial charge in [0.1, 0.15) is 19.3 Å². The first-order valence-corrected chi connectivity index (χ1v) is 39.6. The topological polar surface area (TPSA) is 237 Å². The van der Waals surface area contributed by atoms with Crippen LogP contribution < -0.4 is 0 Å². The molecule has 0 saturated carbocycles. The highest BCUT2D eigenvalue weighted by Gasteiger charge is 2.30. The van der Waals surface area contributed by atoms with Crippen LogP contribution in [0.2, 0.25) is 0 Å². The molecule has 0 aromatic carbocycles. The van der Waals surface area contributed by atoms with Crippen LogP contribution in [-0.4, -0.2) is 96.7 Å². The maximum atomic E-state index is 13.0. The molecule has 0 rings (SSSR count). The van der Waals surface area contributed by atoms with Crippen LogP contribution in [-0.2, 0) is 65.4 Å². The molecule has 0 amide bonds. The molecule has 0 aliphatic rings. The molecule has 530 valence electrons. The maximum absolute atomic E-state index is 13.0. The summed E-state index contributed by atoms with van der Waals surface area (Å²) >= 11 is 0. The van der Waals surface area contributed by atoms with Gasteiger partial charge in [-0.3, -0.25) is 37.3 Å². The van der Waals surface area contributed by atoms with Gasteiger partial charge in [0.2, 0.25) is 0 Å². The van der Waals surface area contributed by atoms with Crippen LogP contribution in [0.4, 0.5) is 0 Å². The van der Waals surface area contributed by atoms with Gasteiger partial charge in [0.05, 0.1) is 26.4 Å². The number of phosphoric acid groups is 2. The summed E-state index contributed by atoms with van der Waals surface area (Å²) in [4.78, 5) is 72.3. The molecule has 90 heavy (non-hydrogen) atoms. The zero-order chi connectivity index (χ0) is 66.1. The van der Waals surface area contributed by atoms with E-state index in [9.17, 15) is 43.2 Å². The fourth-order valence-electron chi connectivity index (χ4n) is 10.3. The first-order chi connectivity index (χ1) is 43.7. The number of aliphatic hydroxyl groups is 1. The Bertz CT molecular complexity index is 1820. The second kappa shape index (κ2) is 65.2. The zero-order valence-corrected chi connectivity index (χ0v) is 59.4. The highest BCUT2D eigenvalue weighted by Crippen LogP contribution is 2.45. The highest BCUT2D eigenvalue weighted by molar-refractivity contribution is 7.47. The van der Waals surface area contributed by atoms with Crippen molar-refractivity contribution in [3.8, 4) is 0 Å². The van der Waals surface area contributed by atoms with E-state index in [2.05, 4.69) is 52.0 Å². The molecule has 3 N–H and O–H groups in total. The van der Waals surface area contributed by atoms with Crippen molar-refractivity contribution < 1.29 is 80.2 Å². The fraction of sp³-hybridized carbons (Fsp3) is 0.887. The van der Waals surface area contributed by atoms with Gasteiger partial charge in [0.25, 0.3) is 0 Å². The van der Waals surface area contributed by atoms with E-state index in [-0.39, 0.29) is 25.7 Å². The number of hydrogen-bond donors (Lipinski definition) is 3. The molecule has 0 radical (unpaired) electrons. The summed E-state index contributed by atoms with van der Waals surface area (Å²) in [6, 6.07) is 0. The summed E-state index contributed by atoms with van der Waals surface area (Å²) in [6.07, 6.45) is 56.7. The Morgan fingerprint density at radius 3 is 0.811 bits per heavy atom. The predicted octanol–water partition coefficient (Wildman–Crippen LogP) is 20.2. The number of ether oxygens (including phenoxy) is 4. The minimum absolute atomic E-state index is 0.102. The van der Waals surface area contributed by atoms with Crippen molar-refractivity contribution in [3.63, 3.8) is 0 Å². The molecule has 5 atom stereocenters. The van der Waals surface area contributed by atoms with Gasteiger partial charge < -0.3 is 33.8 Å². The Balaban J connectivity index is 5.18. The normalized spacial score (nSPS) is 14.2. The van der Waals surface area contributed by atoms with E-state index >= 15 is 0 Å². The monoisotopic (exact) mass is 1320 g/mol. The smallest absolute Gasteiger partial charge is 0.462 e. The molecule has 19 heteroatoms. The summed E-state index contributed by atoms with van der Waals surface area (Å²) in [5.74, 6) is -2.16.